The summed E-state index contributed by atoms with van der Waals surface area (Å²) in [7, 11) is -3.24. The minimum atomic E-state index is -3.24. The van der Waals surface area contributed by atoms with Gasteiger partial charge in [0.25, 0.3) is 0 Å². The first-order valence-corrected chi connectivity index (χ1v) is 7.08. The molecule has 1 N–H and O–H groups in total. The van der Waals surface area contributed by atoms with Crippen molar-refractivity contribution in [1.82, 2.24) is 19.5 Å². The fraction of sp³-hybridized carbons (Fsp3) is 0.750. The van der Waals surface area contributed by atoms with Crippen LogP contribution in [-0.2, 0) is 22.4 Å². The Kier molecular flexibility index (Phi) is 3.92. The van der Waals surface area contributed by atoms with Gasteiger partial charge in [-0.05, 0) is 13.8 Å². The van der Waals surface area contributed by atoms with Gasteiger partial charge in [-0.1, -0.05) is 0 Å². The van der Waals surface area contributed by atoms with E-state index in [1.54, 1.807) is 18.4 Å². The van der Waals surface area contributed by atoms with Crippen LogP contribution in [-0.4, -0.2) is 35.0 Å². The van der Waals surface area contributed by atoms with E-state index in [0.717, 1.165) is 6.26 Å². The van der Waals surface area contributed by atoms with Crippen molar-refractivity contribution in [1.29, 1.82) is 0 Å². The molecule has 6 nitrogen and oxygen atoms in total. The number of hydrogen-bond donors (Lipinski definition) is 1. The van der Waals surface area contributed by atoms with Gasteiger partial charge < -0.3 is 4.57 Å². The van der Waals surface area contributed by atoms with Gasteiger partial charge in [0.2, 0.25) is 10.0 Å². The molecule has 0 aliphatic heterocycles. The predicted molar refractivity (Wildman–Crippen MR) is 61.6 cm³/mol. The Balaban J connectivity index is 2.80. The first-order valence-electron chi connectivity index (χ1n) is 4.65. The minimum absolute atomic E-state index is 0.245. The number of hydrogen-bond acceptors (Lipinski definition) is 4. The van der Waals surface area contributed by atoms with Crippen LogP contribution in [0.5, 0.6) is 0 Å². The van der Waals surface area contributed by atoms with Crippen LogP contribution in [0.1, 0.15) is 19.7 Å². The van der Waals surface area contributed by atoms with Crippen LogP contribution in [0.4, 0.5) is 0 Å². The maximum atomic E-state index is 11.2. The van der Waals surface area contributed by atoms with Crippen molar-refractivity contribution < 1.29 is 8.42 Å². The molecule has 1 heterocycles. The lowest BCUT2D eigenvalue weighted by molar-refractivity contribution is 0.386. The van der Waals surface area contributed by atoms with Gasteiger partial charge in [0, 0.05) is 12.1 Å². The average molecular weight is 267 g/mol. The Morgan fingerprint density at radius 2 is 2.19 bits per heavy atom. The molecular formula is C8H15ClN4O2S. The van der Waals surface area contributed by atoms with E-state index < -0.39 is 15.6 Å². The molecule has 16 heavy (non-hydrogen) atoms. The molecule has 0 saturated carbocycles. The Hall–Kier alpha value is -0.660. The van der Waals surface area contributed by atoms with E-state index in [0.29, 0.717) is 12.4 Å². The average Bonchev–Trinajstić information content (AvgIpc) is 2.45. The van der Waals surface area contributed by atoms with Gasteiger partial charge in [-0.3, -0.25) is 0 Å². The third kappa shape index (κ3) is 4.07. The molecule has 1 rings (SSSR count). The van der Waals surface area contributed by atoms with Crippen molar-refractivity contribution in [2.75, 3.05) is 6.26 Å². The SMILES string of the molecule is CC(C)(Cn1cnnc1CCl)NS(C)(=O)=O. The number of aromatic nitrogens is 3. The molecule has 0 atom stereocenters. The molecule has 0 unspecified atom stereocenters. The number of halogens is 1. The molecule has 0 aliphatic carbocycles. The summed E-state index contributed by atoms with van der Waals surface area (Å²) in [5, 5.41) is 7.54. The molecule has 1 aromatic rings. The van der Waals surface area contributed by atoms with E-state index in [9.17, 15) is 8.42 Å². The van der Waals surface area contributed by atoms with Gasteiger partial charge in [0.1, 0.15) is 12.2 Å². The van der Waals surface area contributed by atoms with Gasteiger partial charge >= 0.3 is 0 Å². The maximum absolute atomic E-state index is 11.2. The highest BCUT2D eigenvalue weighted by Crippen LogP contribution is 2.10. The molecule has 8 heteroatoms. The number of rotatable bonds is 5. The lowest BCUT2D eigenvalue weighted by atomic mass is 10.1. The first kappa shape index (κ1) is 13.4. The van der Waals surface area contributed by atoms with Gasteiger partial charge in [-0.2, -0.15) is 0 Å². The normalized spacial score (nSPS) is 13.0. The monoisotopic (exact) mass is 266 g/mol. The number of sulfonamides is 1. The van der Waals surface area contributed by atoms with E-state index in [1.165, 1.54) is 6.33 Å². The standard InChI is InChI=1S/C8H15ClN4O2S/c1-8(2,12-16(3,14)15)5-13-6-10-11-7(13)4-9/h6,12H,4-5H2,1-3H3. The molecule has 1 aromatic heterocycles. The van der Waals surface area contributed by atoms with Crippen LogP contribution in [0, 0.1) is 0 Å². The van der Waals surface area contributed by atoms with Crippen LogP contribution in [0.2, 0.25) is 0 Å². The Labute approximate surface area is 100 Å². The molecule has 0 saturated heterocycles. The summed E-state index contributed by atoms with van der Waals surface area (Å²) >= 11 is 5.67. The minimum Gasteiger partial charge on any atom is -0.315 e. The second-order valence-electron chi connectivity index (χ2n) is 4.27. The Morgan fingerprint density at radius 3 is 2.69 bits per heavy atom. The second-order valence-corrected chi connectivity index (χ2v) is 6.28. The molecule has 0 bridgehead atoms. The van der Waals surface area contributed by atoms with E-state index >= 15 is 0 Å². The quantitative estimate of drug-likeness (QED) is 0.780. The third-order valence-electron chi connectivity index (χ3n) is 1.84. The summed E-state index contributed by atoms with van der Waals surface area (Å²) in [5.41, 5.74) is -0.614. The zero-order valence-electron chi connectivity index (χ0n) is 9.44. The fourth-order valence-electron chi connectivity index (χ4n) is 1.47. The topological polar surface area (TPSA) is 76.9 Å². The summed E-state index contributed by atoms with van der Waals surface area (Å²) in [4.78, 5) is 0. The second kappa shape index (κ2) is 4.68. The molecule has 0 radical (unpaired) electrons. The molecule has 0 fully saturated rings. The van der Waals surface area contributed by atoms with Crippen LogP contribution in [0.3, 0.4) is 0 Å². The number of alkyl halides is 1. The Bertz CT molecular complexity index is 454. The van der Waals surface area contributed by atoms with Crippen molar-refractivity contribution in [3.63, 3.8) is 0 Å². The molecular weight excluding hydrogens is 252 g/mol. The van der Waals surface area contributed by atoms with Crippen molar-refractivity contribution in [2.45, 2.75) is 31.8 Å². The zero-order chi connectivity index (χ0) is 12.4. The van der Waals surface area contributed by atoms with Crippen molar-refractivity contribution >= 4 is 21.6 Å². The van der Waals surface area contributed by atoms with Crippen LogP contribution in [0.15, 0.2) is 6.33 Å². The molecule has 92 valence electrons. The van der Waals surface area contributed by atoms with Gasteiger partial charge in [0.15, 0.2) is 0 Å². The number of nitrogens with one attached hydrogen (secondary N) is 1. The number of nitrogens with zero attached hydrogens (tertiary/aromatic N) is 3. The highest BCUT2D eigenvalue weighted by Gasteiger charge is 2.23. The van der Waals surface area contributed by atoms with Crippen LogP contribution < -0.4 is 4.72 Å². The summed E-state index contributed by atoms with van der Waals surface area (Å²) in [6.07, 6.45) is 2.66. The van der Waals surface area contributed by atoms with E-state index in [2.05, 4.69) is 14.9 Å². The largest absolute Gasteiger partial charge is 0.315 e. The summed E-state index contributed by atoms with van der Waals surface area (Å²) in [5.74, 6) is 0.861. The van der Waals surface area contributed by atoms with Crippen LogP contribution in [0.25, 0.3) is 0 Å². The molecule has 0 spiro atoms. The summed E-state index contributed by atoms with van der Waals surface area (Å²) < 4.78 is 26.6. The van der Waals surface area contributed by atoms with E-state index in [4.69, 9.17) is 11.6 Å². The van der Waals surface area contributed by atoms with Gasteiger partial charge in [0.05, 0.1) is 12.1 Å². The zero-order valence-corrected chi connectivity index (χ0v) is 11.0. The first-order chi connectivity index (χ1) is 7.23. The predicted octanol–water partition coefficient (Wildman–Crippen LogP) is 0.345. The molecule has 0 aliphatic rings. The maximum Gasteiger partial charge on any atom is 0.209 e. The lowest BCUT2D eigenvalue weighted by Crippen LogP contribution is -2.46. The van der Waals surface area contributed by atoms with Crippen molar-refractivity contribution in [3.8, 4) is 0 Å². The van der Waals surface area contributed by atoms with Gasteiger partial charge in [-0.25, -0.2) is 13.1 Å². The van der Waals surface area contributed by atoms with Crippen molar-refractivity contribution in [2.24, 2.45) is 0 Å². The Morgan fingerprint density at radius 1 is 1.56 bits per heavy atom. The highest BCUT2D eigenvalue weighted by molar-refractivity contribution is 7.88. The summed E-state index contributed by atoms with van der Waals surface area (Å²) in [6, 6.07) is 0. The highest BCUT2D eigenvalue weighted by atomic mass is 35.5. The van der Waals surface area contributed by atoms with Gasteiger partial charge in [-0.15, -0.1) is 21.8 Å². The van der Waals surface area contributed by atoms with E-state index in [1.807, 2.05) is 0 Å². The molecule has 0 amide bonds. The van der Waals surface area contributed by atoms with Crippen LogP contribution >= 0.6 is 11.6 Å². The third-order valence-corrected chi connectivity index (χ3v) is 3.00. The lowest BCUT2D eigenvalue weighted by Gasteiger charge is -2.25. The van der Waals surface area contributed by atoms with Crippen molar-refractivity contribution in [3.05, 3.63) is 12.2 Å². The molecule has 0 aromatic carbocycles. The smallest absolute Gasteiger partial charge is 0.209 e. The fourth-order valence-corrected chi connectivity index (χ4v) is 2.75. The van der Waals surface area contributed by atoms with E-state index in [-0.39, 0.29) is 5.88 Å². The summed E-state index contributed by atoms with van der Waals surface area (Å²) in [6.45, 7) is 3.99.